The lowest BCUT2D eigenvalue weighted by molar-refractivity contribution is 0.745. The number of anilines is 1. The molecule has 6 heteroatoms. The first-order valence-electron chi connectivity index (χ1n) is 5.05. The molecule has 0 aliphatic heterocycles. The lowest BCUT2D eigenvalue weighted by Gasteiger charge is -2.06. The lowest BCUT2D eigenvalue weighted by atomic mass is 10.4. The second kappa shape index (κ2) is 6.99. The fourth-order valence-corrected chi connectivity index (χ4v) is 1.14. The van der Waals surface area contributed by atoms with Crippen molar-refractivity contribution in [1.82, 2.24) is 20.4 Å². The summed E-state index contributed by atoms with van der Waals surface area (Å²) in [7, 11) is 0. The molecule has 0 unspecified atom stereocenters. The van der Waals surface area contributed by atoms with Crippen LogP contribution in [0.4, 0.5) is 5.95 Å². The van der Waals surface area contributed by atoms with Crippen molar-refractivity contribution in [2.24, 2.45) is 0 Å². The molecule has 0 fully saturated rings. The molecule has 1 aromatic heterocycles. The van der Waals surface area contributed by atoms with Gasteiger partial charge in [0.25, 0.3) is 0 Å². The lowest BCUT2D eigenvalue weighted by Crippen LogP contribution is -2.24. The topological polar surface area (TPSA) is 62.7 Å². The summed E-state index contributed by atoms with van der Waals surface area (Å²) in [4.78, 5) is 12.1. The predicted molar refractivity (Wildman–Crippen MR) is 63.9 cm³/mol. The zero-order valence-electron chi connectivity index (χ0n) is 9.34. The molecule has 0 bridgehead atoms. The maximum Gasteiger partial charge on any atom is 0.241 e. The Labute approximate surface area is 100 Å². The number of hydrogen-bond donors (Lipinski definition) is 2. The Hall–Kier alpha value is -1.38. The largest absolute Gasteiger partial charge is 0.290 e. The summed E-state index contributed by atoms with van der Waals surface area (Å²) in [5.41, 5.74) is 5.82. The van der Waals surface area contributed by atoms with Crippen LogP contribution < -0.4 is 10.9 Å². The van der Waals surface area contributed by atoms with Gasteiger partial charge in [-0.3, -0.25) is 5.43 Å². The van der Waals surface area contributed by atoms with Gasteiger partial charge in [-0.1, -0.05) is 12.8 Å². The Morgan fingerprint density at radius 1 is 1.31 bits per heavy atom. The maximum atomic E-state index is 5.76. The molecule has 0 saturated heterocycles. The van der Waals surface area contributed by atoms with E-state index in [1.807, 2.05) is 0 Å². The van der Waals surface area contributed by atoms with Gasteiger partial charge in [0.15, 0.2) is 0 Å². The summed E-state index contributed by atoms with van der Waals surface area (Å²) < 4.78 is 0. The molecule has 0 atom stereocenters. The van der Waals surface area contributed by atoms with Crippen molar-refractivity contribution in [3.63, 3.8) is 0 Å². The van der Waals surface area contributed by atoms with E-state index in [4.69, 9.17) is 11.6 Å². The van der Waals surface area contributed by atoms with Crippen molar-refractivity contribution in [2.45, 2.75) is 26.7 Å². The molecule has 86 valence electrons. The quantitative estimate of drug-likeness (QED) is 0.462. The molecular weight excluding hydrogens is 226 g/mol. The predicted octanol–water partition coefficient (Wildman–Crippen LogP) is 1.42. The SMILES string of the molecule is CC#CCc1nc(Cl)nc(NNCCC)n1. The fraction of sp³-hybridized carbons (Fsp3) is 0.500. The van der Waals surface area contributed by atoms with Crippen LogP contribution in [-0.4, -0.2) is 21.5 Å². The van der Waals surface area contributed by atoms with E-state index in [1.54, 1.807) is 6.92 Å². The second-order valence-electron chi connectivity index (χ2n) is 3.00. The van der Waals surface area contributed by atoms with E-state index in [2.05, 4.69) is 44.6 Å². The third-order valence-corrected chi connectivity index (χ3v) is 1.82. The first kappa shape index (κ1) is 12.7. The van der Waals surface area contributed by atoms with Gasteiger partial charge in [-0.05, 0) is 24.9 Å². The van der Waals surface area contributed by atoms with Crippen LogP contribution in [0.15, 0.2) is 0 Å². The van der Waals surface area contributed by atoms with Crippen molar-refractivity contribution >= 4 is 17.5 Å². The minimum Gasteiger partial charge on any atom is -0.290 e. The first-order valence-corrected chi connectivity index (χ1v) is 5.43. The molecule has 0 spiro atoms. The zero-order chi connectivity index (χ0) is 11.8. The number of rotatable bonds is 5. The zero-order valence-corrected chi connectivity index (χ0v) is 10.1. The van der Waals surface area contributed by atoms with Crippen LogP contribution >= 0.6 is 11.6 Å². The van der Waals surface area contributed by atoms with Crippen molar-refractivity contribution in [1.29, 1.82) is 0 Å². The molecule has 5 nitrogen and oxygen atoms in total. The molecule has 0 amide bonds. The van der Waals surface area contributed by atoms with Gasteiger partial charge in [-0.2, -0.15) is 9.97 Å². The standard InChI is InChI=1S/C10H14ClN5/c1-3-5-6-8-13-9(11)15-10(14-8)16-12-7-4-2/h12H,4,6-7H2,1-2H3,(H,13,14,15,16). The highest BCUT2D eigenvalue weighted by Gasteiger charge is 2.02. The van der Waals surface area contributed by atoms with Crippen molar-refractivity contribution in [3.05, 3.63) is 11.1 Å². The number of aromatic nitrogens is 3. The molecule has 2 N–H and O–H groups in total. The Morgan fingerprint density at radius 2 is 2.12 bits per heavy atom. The van der Waals surface area contributed by atoms with E-state index in [0.29, 0.717) is 18.2 Å². The molecule has 0 radical (unpaired) electrons. The highest BCUT2D eigenvalue weighted by Crippen LogP contribution is 2.05. The van der Waals surface area contributed by atoms with Gasteiger partial charge in [-0.25, -0.2) is 10.4 Å². The molecule has 1 heterocycles. The van der Waals surface area contributed by atoms with Gasteiger partial charge in [0.05, 0.1) is 6.42 Å². The van der Waals surface area contributed by atoms with E-state index in [9.17, 15) is 0 Å². The number of nitrogens with one attached hydrogen (secondary N) is 2. The number of nitrogens with zero attached hydrogens (tertiary/aromatic N) is 3. The van der Waals surface area contributed by atoms with Crippen LogP contribution in [0.3, 0.4) is 0 Å². The van der Waals surface area contributed by atoms with Gasteiger partial charge in [0, 0.05) is 6.54 Å². The summed E-state index contributed by atoms with van der Waals surface area (Å²) in [6.07, 6.45) is 1.49. The van der Waals surface area contributed by atoms with E-state index in [1.165, 1.54) is 0 Å². The minimum absolute atomic E-state index is 0.170. The normalized spacial score (nSPS) is 9.44. The van der Waals surface area contributed by atoms with Gasteiger partial charge in [0.2, 0.25) is 11.2 Å². The monoisotopic (exact) mass is 239 g/mol. The highest BCUT2D eigenvalue weighted by molar-refractivity contribution is 6.28. The van der Waals surface area contributed by atoms with Crippen molar-refractivity contribution in [3.8, 4) is 11.8 Å². The Morgan fingerprint density at radius 3 is 2.81 bits per heavy atom. The van der Waals surface area contributed by atoms with Gasteiger partial charge >= 0.3 is 0 Å². The van der Waals surface area contributed by atoms with E-state index in [0.717, 1.165) is 13.0 Å². The van der Waals surface area contributed by atoms with E-state index >= 15 is 0 Å². The smallest absolute Gasteiger partial charge is 0.241 e. The van der Waals surface area contributed by atoms with Crippen LogP contribution in [-0.2, 0) is 6.42 Å². The molecule has 0 aliphatic carbocycles. The van der Waals surface area contributed by atoms with Gasteiger partial charge in [0.1, 0.15) is 5.82 Å². The summed E-state index contributed by atoms with van der Waals surface area (Å²) in [6, 6.07) is 0. The van der Waals surface area contributed by atoms with Crippen LogP contribution in [0.5, 0.6) is 0 Å². The molecule has 16 heavy (non-hydrogen) atoms. The third kappa shape index (κ3) is 4.43. The summed E-state index contributed by atoms with van der Waals surface area (Å²) >= 11 is 5.76. The van der Waals surface area contributed by atoms with Crippen LogP contribution in [0.2, 0.25) is 5.28 Å². The summed E-state index contributed by atoms with van der Waals surface area (Å²) in [6.45, 7) is 4.66. The summed E-state index contributed by atoms with van der Waals surface area (Å²) in [5.74, 6) is 6.64. The number of hydrogen-bond acceptors (Lipinski definition) is 5. The average molecular weight is 240 g/mol. The Bertz CT molecular complexity index is 396. The molecule has 0 aromatic carbocycles. The Balaban J connectivity index is 2.68. The van der Waals surface area contributed by atoms with E-state index in [-0.39, 0.29) is 5.28 Å². The van der Waals surface area contributed by atoms with Crippen molar-refractivity contribution in [2.75, 3.05) is 12.0 Å². The van der Waals surface area contributed by atoms with Gasteiger partial charge in [-0.15, -0.1) is 5.92 Å². The van der Waals surface area contributed by atoms with Crippen LogP contribution in [0.25, 0.3) is 0 Å². The van der Waals surface area contributed by atoms with Crippen LogP contribution in [0.1, 0.15) is 26.1 Å². The molecule has 0 saturated carbocycles. The molecular formula is C10H14ClN5. The highest BCUT2D eigenvalue weighted by atomic mass is 35.5. The number of hydrazine groups is 1. The minimum atomic E-state index is 0.170. The van der Waals surface area contributed by atoms with Gasteiger partial charge < -0.3 is 0 Å². The van der Waals surface area contributed by atoms with E-state index < -0.39 is 0 Å². The molecule has 1 aromatic rings. The third-order valence-electron chi connectivity index (χ3n) is 1.65. The average Bonchev–Trinajstić information content (AvgIpc) is 2.26. The fourth-order valence-electron chi connectivity index (χ4n) is 0.960. The Kier molecular flexibility index (Phi) is 5.54. The molecule has 1 rings (SSSR count). The second-order valence-corrected chi connectivity index (χ2v) is 3.34. The van der Waals surface area contributed by atoms with Crippen molar-refractivity contribution < 1.29 is 0 Å². The molecule has 0 aliphatic rings. The first-order chi connectivity index (χ1) is 7.76. The van der Waals surface area contributed by atoms with Crippen LogP contribution in [0, 0.1) is 11.8 Å². The summed E-state index contributed by atoms with van der Waals surface area (Å²) in [5, 5.41) is 0.170. The maximum absolute atomic E-state index is 5.76. The number of halogens is 1.